The van der Waals surface area contributed by atoms with Crippen molar-refractivity contribution in [1.29, 1.82) is 0 Å². The second-order valence-electron chi connectivity index (χ2n) is 5.76. The number of piperidine rings is 1. The van der Waals surface area contributed by atoms with Gasteiger partial charge in [-0.15, -0.1) is 0 Å². The van der Waals surface area contributed by atoms with Crippen LogP contribution in [0.1, 0.15) is 51.6 Å². The molecule has 0 spiro atoms. The summed E-state index contributed by atoms with van der Waals surface area (Å²) in [6.45, 7) is 8.37. The standard InChI is InChI=1S/C14H26N4/c1-11(2)18-10-13(8-16-18)9-17-12(3)5-4-6-14(17)7-15/h8,10-12,14H,4-7,9,15H2,1-3H3. The first-order valence-electron chi connectivity index (χ1n) is 7.10. The summed E-state index contributed by atoms with van der Waals surface area (Å²) in [7, 11) is 0. The van der Waals surface area contributed by atoms with Gasteiger partial charge in [0.1, 0.15) is 0 Å². The Morgan fingerprint density at radius 3 is 2.83 bits per heavy atom. The topological polar surface area (TPSA) is 47.1 Å². The molecule has 2 rings (SSSR count). The fourth-order valence-corrected chi connectivity index (χ4v) is 2.83. The highest BCUT2D eigenvalue weighted by molar-refractivity contribution is 5.05. The lowest BCUT2D eigenvalue weighted by Gasteiger charge is -2.40. The summed E-state index contributed by atoms with van der Waals surface area (Å²) in [4.78, 5) is 2.55. The number of nitrogens with two attached hydrogens (primary N) is 1. The number of likely N-dealkylation sites (tertiary alicyclic amines) is 1. The lowest BCUT2D eigenvalue weighted by atomic mass is 9.96. The maximum Gasteiger partial charge on any atom is 0.0534 e. The number of hydrogen-bond donors (Lipinski definition) is 1. The van der Waals surface area contributed by atoms with Crippen LogP contribution in [0.2, 0.25) is 0 Å². The Bertz CT molecular complexity index is 372. The summed E-state index contributed by atoms with van der Waals surface area (Å²) < 4.78 is 2.03. The van der Waals surface area contributed by atoms with E-state index in [0.717, 1.165) is 13.1 Å². The molecule has 0 amide bonds. The molecule has 1 aliphatic rings. The van der Waals surface area contributed by atoms with E-state index in [-0.39, 0.29) is 0 Å². The summed E-state index contributed by atoms with van der Waals surface area (Å²) in [5, 5.41) is 4.42. The van der Waals surface area contributed by atoms with E-state index < -0.39 is 0 Å². The fourth-order valence-electron chi connectivity index (χ4n) is 2.83. The third-order valence-electron chi connectivity index (χ3n) is 4.02. The first kappa shape index (κ1) is 13.6. The smallest absolute Gasteiger partial charge is 0.0534 e. The van der Waals surface area contributed by atoms with E-state index >= 15 is 0 Å². The minimum atomic E-state index is 0.433. The number of aromatic nitrogens is 2. The van der Waals surface area contributed by atoms with Crippen LogP contribution in [0.15, 0.2) is 12.4 Å². The SMILES string of the molecule is CC1CCCC(CN)N1Cc1cnn(C(C)C)c1. The molecule has 0 radical (unpaired) electrons. The van der Waals surface area contributed by atoms with Gasteiger partial charge in [0.05, 0.1) is 6.20 Å². The van der Waals surface area contributed by atoms with Crippen LogP contribution in [0.5, 0.6) is 0 Å². The van der Waals surface area contributed by atoms with Crippen molar-refractivity contribution in [3.63, 3.8) is 0 Å². The highest BCUT2D eigenvalue weighted by Gasteiger charge is 2.27. The lowest BCUT2D eigenvalue weighted by molar-refractivity contribution is 0.0892. The summed E-state index contributed by atoms with van der Waals surface area (Å²) in [6, 6.07) is 1.61. The molecule has 0 aliphatic carbocycles. The molecule has 2 unspecified atom stereocenters. The van der Waals surface area contributed by atoms with Crippen LogP contribution in [-0.2, 0) is 6.54 Å². The quantitative estimate of drug-likeness (QED) is 0.891. The van der Waals surface area contributed by atoms with Gasteiger partial charge in [0, 0.05) is 43.0 Å². The van der Waals surface area contributed by atoms with Crippen molar-refractivity contribution in [3.05, 3.63) is 18.0 Å². The van der Waals surface area contributed by atoms with Crippen molar-refractivity contribution in [1.82, 2.24) is 14.7 Å². The van der Waals surface area contributed by atoms with Crippen molar-refractivity contribution in [3.8, 4) is 0 Å². The van der Waals surface area contributed by atoms with Crippen molar-refractivity contribution in [2.24, 2.45) is 5.73 Å². The molecule has 1 aliphatic heterocycles. The number of hydrogen-bond acceptors (Lipinski definition) is 3. The van der Waals surface area contributed by atoms with Gasteiger partial charge >= 0.3 is 0 Å². The maximum atomic E-state index is 5.90. The van der Waals surface area contributed by atoms with Gasteiger partial charge in [-0.1, -0.05) is 6.42 Å². The predicted molar refractivity (Wildman–Crippen MR) is 74.3 cm³/mol. The van der Waals surface area contributed by atoms with Crippen LogP contribution < -0.4 is 5.73 Å². The molecule has 2 heterocycles. The predicted octanol–water partition coefficient (Wildman–Crippen LogP) is 2.17. The zero-order chi connectivity index (χ0) is 13.1. The number of rotatable bonds is 4. The van der Waals surface area contributed by atoms with Crippen LogP contribution in [-0.4, -0.2) is 33.3 Å². The van der Waals surface area contributed by atoms with Crippen molar-refractivity contribution in [2.75, 3.05) is 6.54 Å². The molecular weight excluding hydrogens is 224 g/mol. The Hall–Kier alpha value is -0.870. The van der Waals surface area contributed by atoms with Gasteiger partial charge in [-0.3, -0.25) is 9.58 Å². The second-order valence-corrected chi connectivity index (χ2v) is 5.76. The van der Waals surface area contributed by atoms with Gasteiger partial charge in [-0.05, 0) is 33.6 Å². The first-order chi connectivity index (χ1) is 8.61. The Labute approximate surface area is 110 Å². The molecule has 2 N–H and O–H groups in total. The average Bonchev–Trinajstić information content (AvgIpc) is 2.80. The molecule has 0 saturated carbocycles. The molecule has 102 valence electrons. The molecule has 1 aromatic rings. The van der Waals surface area contributed by atoms with E-state index in [2.05, 4.69) is 37.0 Å². The van der Waals surface area contributed by atoms with E-state index in [1.165, 1.54) is 24.8 Å². The third-order valence-corrected chi connectivity index (χ3v) is 4.02. The minimum absolute atomic E-state index is 0.433. The number of nitrogens with zero attached hydrogens (tertiary/aromatic N) is 3. The molecule has 4 nitrogen and oxygen atoms in total. The Morgan fingerprint density at radius 1 is 1.44 bits per heavy atom. The fraction of sp³-hybridized carbons (Fsp3) is 0.786. The lowest BCUT2D eigenvalue weighted by Crippen LogP contribution is -2.48. The Kier molecular flexibility index (Phi) is 4.40. The first-order valence-corrected chi connectivity index (χ1v) is 7.10. The van der Waals surface area contributed by atoms with Crippen LogP contribution in [0.4, 0.5) is 0 Å². The van der Waals surface area contributed by atoms with Crippen LogP contribution in [0.3, 0.4) is 0 Å². The van der Waals surface area contributed by atoms with Gasteiger partial charge < -0.3 is 5.73 Å². The van der Waals surface area contributed by atoms with Gasteiger partial charge in [0.2, 0.25) is 0 Å². The van der Waals surface area contributed by atoms with E-state index in [0.29, 0.717) is 18.1 Å². The molecule has 1 fully saturated rings. The van der Waals surface area contributed by atoms with E-state index in [4.69, 9.17) is 5.73 Å². The summed E-state index contributed by atoms with van der Waals surface area (Å²) >= 11 is 0. The Balaban J connectivity index is 2.05. The van der Waals surface area contributed by atoms with E-state index in [1.807, 2.05) is 10.9 Å². The van der Waals surface area contributed by atoms with Gasteiger partial charge in [0.25, 0.3) is 0 Å². The molecule has 0 aromatic carbocycles. The minimum Gasteiger partial charge on any atom is -0.329 e. The van der Waals surface area contributed by atoms with Crippen LogP contribution in [0.25, 0.3) is 0 Å². The van der Waals surface area contributed by atoms with Crippen molar-refractivity contribution >= 4 is 0 Å². The van der Waals surface area contributed by atoms with Crippen molar-refractivity contribution in [2.45, 2.75) is 64.7 Å². The van der Waals surface area contributed by atoms with Gasteiger partial charge in [-0.2, -0.15) is 5.10 Å². The third kappa shape index (κ3) is 2.93. The molecule has 2 atom stereocenters. The van der Waals surface area contributed by atoms with E-state index in [9.17, 15) is 0 Å². The van der Waals surface area contributed by atoms with Crippen LogP contribution in [0, 0.1) is 0 Å². The summed E-state index contributed by atoms with van der Waals surface area (Å²) in [5.74, 6) is 0. The normalized spacial score (nSPS) is 25.8. The second kappa shape index (κ2) is 5.85. The molecule has 1 aromatic heterocycles. The molecule has 4 heteroatoms. The molecular formula is C14H26N4. The molecule has 0 bridgehead atoms. The zero-order valence-electron chi connectivity index (χ0n) is 11.8. The molecule has 1 saturated heterocycles. The average molecular weight is 250 g/mol. The highest BCUT2D eigenvalue weighted by Crippen LogP contribution is 2.24. The highest BCUT2D eigenvalue weighted by atomic mass is 15.3. The van der Waals surface area contributed by atoms with E-state index in [1.54, 1.807) is 0 Å². The largest absolute Gasteiger partial charge is 0.329 e. The summed E-state index contributed by atoms with van der Waals surface area (Å²) in [6.07, 6.45) is 7.99. The summed E-state index contributed by atoms with van der Waals surface area (Å²) in [5.41, 5.74) is 7.20. The molecule has 18 heavy (non-hydrogen) atoms. The zero-order valence-corrected chi connectivity index (χ0v) is 11.8. The van der Waals surface area contributed by atoms with Crippen molar-refractivity contribution < 1.29 is 0 Å². The Morgan fingerprint density at radius 2 is 2.22 bits per heavy atom. The maximum absolute atomic E-state index is 5.90. The monoisotopic (exact) mass is 250 g/mol. The van der Waals surface area contributed by atoms with Gasteiger partial charge in [0.15, 0.2) is 0 Å². The van der Waals surface area contributed by atoms with Gasteiger partial charge in [-0.25, -0.2) is 0 Å². The van der Waals surface area contributed by atoms with Crippen LogP contribution >= 0.6 is 0 Å².